The maximum Gasteiger partial charge on any atom is 0.320 e. The van der Waals surface area contributed by atoms with E-state index < -0.39 is 17.9 Å². The molecule has 1 saturated carbocycles. The topological polar surface area (TPSA) is 83.8 Å². The van der Waals surface area contributed by atoms with Crippen LogP contribution in [0.1, 0.15) is 31.2 Å². The lowest BCUT2D eigenvalue weighted by molar-refractivity contribution is -0.158. The fraction of sp³-hybridized carbons (Fsp3) is 0.529. The van der Waals surface area contributed by atoms with E-state index in [2.05, 4.69) is 12.1 Å². The lowest BCUT2D eigenvalue weighted by Gasteiger charge is -2.29. The van der Waals surface area contributed by atoms with Crippen molar-refractivity contribution in [1.29, 1.82) is 0 Å². The number of rotatable bonds is 7. The zero-order chi connectivity index (χ0) is 15.9. The van der Waals surface area contributed by atoms with Gasteiger partial charge in [0.1, 0.15) is 0 Å². The largest absolute Gasteiger partial charge is 0.481 e. The number of carbonyl (C=O) groups is 2. The average Bonchev–Trinajstić information content (AvgIpc) is 2.49. The van der Waals surface area contributed by atoms with Crippen LogP contribution in [0.5, 0.6) is 0 Å². The average molecular weight is 306 g/mol. The molecule has 120 valence electrons. The molecule has 0 atom stereocenters. The van der Waals surface area contributed by atoms with Crippen molar-refractivity contribution in [3.8, 4) is 0 Å². The zero-order valence-electron chi connectivity index (χ0n) is 12.5. The van der Waals surface area contributed by atoms with Gasteiger partial charge in [-0.05, 0) is 43.6 Å². The minimum Gasteiger partial charge on any atom is -0.481 e. The lowest BCUT2D eigenvalue weighted by Crippen LogP contribution is -2.31. The monoisotopic (exact) mass is 306 g/mol. The molecule has 2 N–H and O–H groups in total. The SMILES string of the molecule is O=C(O)C(COC1CCC(Cc2ccccc2)CC1)C(=O)O. The molecule has 0 aromatic heterocycles. The quantitative estimate of drug-likeness (QED) is 0.756. The smallest absolute Gasteiger partial charge is 0.320 e. The van der Waals surface area contributed by atoms with E-state index in [1.165, 1.54) is 5.56 Å². The van der Waals surface area contributed by atoms with E-state index in [1.54, 1.807) is 0 Å². The van der Waals surface area contributed by atoms with Gasteiger partial charge in [-0.1, -0.05) is 30.3 Å². The third-order valence-corrected chi connectivity index (χ3v) is 4.26. The van der Waals surface area contributed by atoms with E-state index in [0.717, 1.165) is 32.1 Å². The van der Waals surface area contributed by atoms with Gasteiger partial charge < -0.3 is 14.9 Å². The van der Waals surface area contributed by atoms with Crippen molar-refractivity contribution in [1.82, 2.24) is 0 Å². The van der Waals surface area contributed by atoms with Gasteiger partial charge in [0.15, 0.2) is 5.92 Å². The molecule has 22 heavy (non-hydrogen) atoms. The molecule has 0 amide bonds. The van der Waals surface area contributed by atoms with Crippen LogP contribution >= 0.6 is 0 Å². The Labute approximate surface area is 129 Å². The summed E-state index contributed by atoms with van der Waals surface area (Å²) in [7, 11) is 0. The molecule has 0 unspecified atom stereocenters. The fourth-order valence-corrected chi connectivity index (χ4v) is 2.93. The number of carboxylic acids is 2. The van der Waals surface area contributed by atoms with Gasteiger partial charge in [0.25, 0.3) is 0 Å². The second kappa shape index (κ2) is 7.94. The number of ether oxygens (including phenoxy) is 1. The molecule has 1 aromatic rings. The van der Waals surface area contributed by atoms with Crippen molar-refractivity contribution in [2.24, 2.45) is 11.8 Å². The number of hydrogen-bond acceptors (Lipinski definition) is 3. The van der Waals surface area contributed by atoms with Crippen LogP contribution < -0.4 is 0 Å². The molecule has 1 aromatic carbocycles. The van der Waals surface area contributed by atoms with Crippen LogP contribution in [0.15, 0.2) is 30.3 Å². The first kappa shape index (κ1) is 16.5. The van der Waals surface area contributed by atoms with E-state index in [0.29, 0.717) is 5.92 Å². The number of benzene rings is 1. The molecule has 0 saturated heterocycles. The Bertz CT molecular complexity index is 477. The summed E-state index contributed by atoms with van der Waals surface area (Å²) in [6.07, 6.45) is 4.83. The zero-order valence-corrected chi connectivity index (χ0v) is 12.5. The molecule has 5 heteroatoms. The molecule has 2 rings (SSSR count). The van der Waals surface area contributed by atoms with Crippen LogP contribution in [0.4, 0.5) is 0 Å². The van der Waals surface area contributed by atoms with E-state index in [1.807, 2.05) is 18.2 Å². The summed E-state index contributed by atoms with van der Waals surface area (Å²) in [5.41, 5.74) is 1.34. The Hall–Kier alpha value is -1.88. The second-order valence-corrected chi connectivity index (χ2v) is 5.89. The van der Waals surface area contributed by atoms with Crippen molar-refractivity contribution in [2.75, 3.05) is 6.61 Å². The minimum absolute atomic E-state index is 0.0202. The summed E-state index contributed by atoms with van der Waals surface area (Å²) in [5.74, 6) is -3.53. The first-order valence-electron chi connectivity index (χ1n) is 7.67. The molecule has 0 spiro atoms. The Balaban J connectivity index is 1.73. The van der Waals surface area contributed by atoms with Gasteiger partial charge in [0.05, 0.1) is 12.7 Å². The molecule has 5 nitrogen and oxygen atoms in total. The van der Waals surface area contributed by atoms with Crippen LogP contribution in [0.2, 0.25) is 0 Å². The highest BCUT2D eigenvalue weighted by Crippen LogP contribution is 2.29. The Morgan fingerprint density at radius 2 is 1.64 bits per heavy atom. The summed E-state index contributed by atoms with van der Waals surface area (Å²) in [6, 6.07) is 10.4. The van der Waals surface area contributed by atoms with Crippen molar-refractivity contribution in [3.63, 3.8) is 0 Å². The highest BCUT2D eigenvalue weighted by atomic mass is 16.5. The van der Waals surface area contributed by atoms with Crippen LogP contribution in [-0.4, -0.2) is 34.9 Å². The van der Waals surface area contributed by atoms with E-state index >= 15 is 0 Å². The summed E-state index contributed by atoms with van der Waals surface area (Å²) >= 11 is 0. The maximum atomic E-state index is 10.8. The Kier molecular flexibility index (Phi) is 5.95. The van der Waals surface area contributed by atoms with Crippen LogP contribution in [0.25, 0.3) is 0 Å². The maximum absolute atomic E-state index is 10.8. The van der Waals surface area contributed by atoms with Crippen LogP contribution in [0, 0.1) is 11.8 Å². The summed E-state index contributed by atoms with van der Waals surface area (Å²) < 4.78 is 5.50. The van der Waals surface area contributed by atoms with E-state index in [-0.39, 0.29) is 12.7 Å². The van der Waals surface area contributed by atoms with Gasteiger partial charge in [0.2, 0.25) is 0 Å². The summed E-state index contributed by atoms with van der Waals surface area (Å²) in [5, 5.41) is 17.6. The normalized spacial score (nSPS) is 21.7. The molecule has 0 radical (unpaired) electrons. The van der Waals surface area contributed by atoms with Crippen molar-refractivity contribution in [2.45, 2.75) is 38.2 Å². The molecular formula is C17H22O5. The van der Waals surface area contributed by atoms with Gasteiger partial charge in [-0.2, -0.15) is 0 Å². The third-order valence-electron chi connectivity index (χ3n) is 4.26. The van der Waals surface area contributed by atoms with E-state index in [4.69, 9.17) is 14.9 Å². The molecule has 1 aliphatic rings. The number of hydrogen-bond donors (Lipinski definition) is 2. The Morgan fingerprint density at radius 1 is 1.05 bits per heavy atom. The van der Waals surface area contributed by atoms with E-state index in [9.17, 15) is 9.59 Å². The van der Waals surface area contributed by atoms with Crippen LogP contribution in [-0.2, 0) is 20.7 Å². The fourth-order valence-electron chi connectivity index (χ4n) is 2.93. The van der Waals surface area contributed by atoms with Crippen molar-refractivity contribution < 1.29 is 24.5 Å². The van der Waals surface area contributed by atoms with Gasteiger partial charge >= 0.3 is 11.9 Å². The molecular weight excluding hydrogens is 284 g/mol. The molecule has 1 aliphatic carbocycles. The second-order valence-electron chi connectivity index (χ2n) is 5.89. The molecule has 0 bridgehead atoms. The molecule has 0 aliphatic heterocycles. The molecule has 1 fully saturated rings. The Morgan fingerprint density at radius 3 is 2.18 bits per heavy atom. The highest BCUT2D eigenvalue weighted by Gasteiger charge is 2.29. The first-order valence-corrected chi connectivity index (χ1v) is 7.67. The number of carboxylic acid groups (broad SMARTS) is 2. The standard InChI is InChI=1S/C17H22O5/c18-16(19)15(17(20)21)11-22-14-8-6-13(7-9-14)10-12-4-2-1-3-5-12/h1-5,13-15H,6-11H2,(H,18,19)(H,20,21). The summed E-state index contributed by atoms with van der Waals surface area (Å²) in [6.45, 7) is -0.251. The van der Waals surface area contributed by atoms with Gasteiger partial charge in [0, 0.05) is 0 Å². The minimum atomic E-state index is -1.47. The third kappa shape index (κ3) is 4.84. The van der Waals surface area contributed by atoms with Crippen molar-refractivity contribution >= 4 is 11.9 Å². The predicted molar refractivity (Wildman–Crippen MR) is 80.6 cm³/mol. The van der Waals surface area contributed by atoms with Gasteiger partial charge in [-0.3, -0.25) is 9.59 Å². The molecule has 0 heterocycles. The summed E-state index contributed by atoms with van der Waals surface area (Å²) in [4.78, 5) is 21.6. The first-order chi connectivity index (χ1) is 10.6. The highest BCUT2D eigenvalue weighted by molar-refractivity contribution is 5.92. The van der Waals surface area contributed by atoms with Crippen molar-refractivity contribution in [3.05, 3.63) is 35.9 Å². The van der Waals surface area contributed by atoms with Crippen LogP contribution in [0.3, 0.4) is 0 Å². The lowest BCUT2D eigenvalue weighted by atomic mass is 9.83. The predicted octanol–water partition coefficient (Wildman–Crippen LogP) is 2.59. The number of aliphatic carboxylic acids is 2. The van der Waals surface area contributed by atoms with Gasteiger partial charge in [-0.15, -0.1) is 0 Å². The van der Waals surface area contributed by atoms with Gasteiger partial charge in [-0.25, -0.2) is 0 Å².